The van der Waals surface area contributed by atoms with E-state index in [1.165, 1.54) is 0 Å². The Balaban J connectivity index is 3.99. The summed E-state index contributed by atoms with van der Waals surface area (Å²) in [5.74, 6) is 0. The summed E-state index contributed by atoms with van der Waals surface area (Å²) in [6.07, 6.45) is 2.61. The van der Waals surface area contributed by atoms with Crippen LogP contribution in [0.25, 0.3) is 0 Å². The van der Waals surface area contributed by atoms with Crippen molar-refractivity contribution in [1.29, 1.82) is 0 Å². The second-order valence-corrected chi connectivity index (χ2v) is 3.49. The molecule has 0 aromatic carbocycles. The third kappa shape index (κ3) is 4.72. The molecular formula is C6H10INO2. The lowest BCUT2D eigenvalue weighted by Gasteiger charge is -2.13. The monoisotopic (exact) mass is 255 g/mol. The van der Waals surface area contributed by atoms with Gasteiger partial charge in [0.2, 0.25) is 6.20 Å². The number of allylic oxidation sites excluding steroid dienone is 1. The molecule has 0 N–H and O–H groups in total. The van der Waals surface area contributed by atoms with Gasteiger partial charge in [0.15, 0.2) is 0 Å². The van der Waals surface area contributed by atoms with Crippen LogP contribution in [0.15, 0.2) is 12.3 Å². The van der Waals surface area contributed by atoms with Crippen molar-refractivity contribution >= 4 is 22.6 Å². The first-order valence-corrected chi connectivity index (χ1v) is 4.39. The van der Waals surface area contributed by atoms with Gasteiger partial charge < -0.3 is 0 Å². The fourth-order valence-corrected chi connectivity index (χ4v) is 0.561. The molecule has 0 aliphatic heterocycles. The number of rotatable bonds is 3. The van der Waals surface area contributed by atoms with Crippen LogP contribution >= 0.6 is 22.6 Å². The minimum absolute atomic E-state index is 0.0619. The molecule has 0 saturated heterocycles. The Morgan fingerprint density at radius 1 is 1.70 bits per heavy atom. The minimum atomic E-state index is -0.436. The van der Waals surface area contributed by atoms with Crippen LogP contribution in [0.4, 0.5) is 0 Å². The smallest absolute Gasteiger partial charge is 0.231 e. The largest absolute Gasteiger partial charge is 0.259 e. The normalized spacial score (nSPS) is 12.3. The molecule has 0 saturated carbocycles. The molecule has 0 aliphatic carbocycles. The van der Waals surface area contributed by atoms with E-state index in [1.807, 2.05) is 13.8 Å². The van der Waals surface area contributed by atoms with Crippen molar-refractivity contribution in [2.75, 3.05) is 4.43 Å². The third-order valence-corrected chi connectivity index (χ3v) is 2.96. The zero-order valence-electron chi connectivity index (χ0n) is 6.00. The van der Waals surface area contributed by atoms with Gasteiger partial charge >= 0.3 is 0 Å². The summed E-state index contributed by atoms with van der Waals surface area (Å²) >= 11 is 2.20. The number of nitro groups is 1. The van der Waals surface area contributed by atoms with Crippen LogP contribution in [0, 0.1) is 15.5 Å². The van der Waals surface area contributed by atoms with Crippen LogP contribution < -0.4 is 0 Å². The first-order valence-electron chi connectivity index (χ1n) is 2.87. The Hall–Kier alpha value is -0.130. The van der Waals surface area contributed by atoms with Crippen molar-refractivity contribution < 1.29 is 4.92 Å². The predicted octanol–water partition coefficient (Wildman–Crippen LogP) is 2.24. The standard InChI is InChI=1S/C6H10INO2/c1-6(2,5-7)3-4-8(9)10/h3-4H,5H2,1-2H3. The van der Waals surface area contributed by atoms with Crippen LogP contribution in [0.5, 0.6) is 0 Å². The van der Waals surface area contributed by atoms with Gasteiger partial charge in [0.05, 0.1) is 4.92 Å². The summed E-state index contributed by atoms with van der Waals surface area (Å²) in [6.45, 7) is 3.92. The van der Waals surface area contributed by atoms with E-state index in [9.17, 15) is 10.1 Å². The predicted molar refractivity (Wildman–Crippen MR) is 48.8 cm³/mol. The van der Waals surface area contributed by atoms with Crippen LogP contribution in [-0.2, 0) is 0 Å². The Bertz CT molecular complexity index is 154. The molecule has 0 aromatic heterocycles. The Labute approximate surface area is 73.8 Å². The maximum atomic E-state index is 9.88. The van der Waals surface area contributed by atoms with E-state index in [2.05, 4.69) is 22.6 Å². The molecule has 0 heterocycles. The average molecular weight is 255 g/mol. The molecule has 0 fully saturated rings. The van der Waals surface area contributed by atoms with Gasteiger partial charge in [-0.2, -0.15) is 0 Å². The lowest BCUT2D eigenvalue weighted by Crippen LogP contribution is -2.08. The highest BCUT2D eigenvalue weighted by molar-refractivity contribution is 14.1. The fourth-order valence-electron chi connectivity index (χ4n) is 0.307. The molecule has 0 radical (unpaired) electrons. The maximum Gasteiger partial charge on any atom is 0.231 e. The van der Waals surface area contributed by atoms with E-state index in [4.69, 9.17) is 0 Å². The molecule has 0 unspecified atom stereocenters. The SMILES string of the molecule is CC(C)(C=C[N+](=O)[O-])CI. The van der Waals surface area contributed by atoms with Crippen LogP contribution in [0.3, 0.4) is 0 Å². The lowest BCUT2D eigenvalue weighted by atomic mass is 9.97. The average Bonchev–Trinajstić information content (AvgIpc) is 1.85. The molecule has 0 amide bonds. The van der Waals surface area contributed by atoms with Crippen molar-refractivity contribution in [2.45, 2.75) is 13.8 Å². The van der Waals surface area contributed by atoms with E-state index < -0.39 is 4.92 Å². The summed E-state index contributed by atoms with van der Waals surface area (Å²) in [5.41, 5.74) is -0.0619. The highest BCUT2D eigenvalue weighted by Gasteiger charge is 2.12. The van der Waals surface area contributed by atoms with Crippen molar-refractivity contribution in [1.82, 2.24) is 0 Å². The van der Waals surface area contributed by atoms with Gasteiger partial charge in [0, 0.05) is 4.43 Å². The molecule has 58 valence electrons. The van der Waals surface area contributed by atoms with Crippen molar-refractivity contribution in [2.24, 2.45) is 5.41 Å². The number of nitrogens with zero attached hydrogens (tertiary/aromatic N) is 1. The second-order valence-electron chi connectivity index (χ2n) is 2.72. The Morgan fingerprint density at radius 2 is 2.20 bits per heavy atom. The van der Waals surface area contributed by atoms with Gasteiger partial charge in [-0.3, -0.25) is 10.1 Å². The number of hydrogen-bond acceptors (Lipinski definition) is 2. The topological polar surface area (TPSA) is 43.1 Å². The minimum Gasteiger partial charge on any atom is -0.259 e. The second kappa shape index (κ2) is 3.90. The first kappa shape index (κ1) is 9.87. The van der Waals surface area contributed by atoms with Gasteiger partial charge in [0.25, 0.3) is 0 Å². The maximum absolute atomic E-state index is 9.88. The van der Waals surface area contributed by atoms with Crippen LogP contribution in [0.2, 0.25) is 0 Å². The summed E-state index contributed by atoms with van der Waals surface area (Å²) in [6, 6.07) is 0. The first-order chi connectivity index (χ1) is 4.48. The summed E-state index contributed by atoms with van der Waals surface area (Å²) < 4.78 is 0.884. The van der Waals surface area contributed by atoms with Crippen molar-refractivity contribution in [3.05, 3.63) is 22.4 Å². The fraction of sp³-hybridized carbons (Fsp3) is 0.667. The molecular weight excluding hydrogens is 245 g/mol. The quantitative estimate of drug-likeness (QED) is 0.336. The summed E-state index contributed by atoms with van der Waals surface area (Å²) in [7, 11) is 0. The van der Waals surface area contributed by atoms with Crippen LogP contribution in [0.1, 0.15) is 13.8 Å². The van der Waals surface area contributed by atoms with Crippen LogP contribution in [-0.4, -0.2) is 9.35 Å². The van der Waals surface area contributed by atoms with Gasteiger partial charge in [-0.1, -0.05) is 36.4 Å². The number of hydrogen-bond donors (Lipinski definition) is 0. The number of alkyl halides is 1. The third-order valence-electron chi connectivity index (χ3n) is 0.992. The highest BCUT2D eigenvalue weighted by atomic mass is 127. The van der Waals surface area contributed by atoms with Gasteiger partial charge in [-0.15, -0.1) is 0 Å². The summed E-state index contributed by atoms with van der Waals surface area (Å²) in [5, 5.41) is 9.88. The molecule has 0 aromatic rings. The molecule has 10 heavy (non-hydrogen) atoms. The molecule has 0 bridgehead atoms. The number of halogens is 1. The molecule has 4 heteroatoms. The van der Waals surface area contributed by atoms with Gasteiger partial charge in [-0.25, -0.2) is 0 Å². The van der Waals surface area contributed by atoms with E-state index in [-0.39, 0.29) is 5.41 Å². The van der Waals surface area contributed by atoms with Gasteiger partial charge in [-0.05, 0) is 11.5 Å². The van der Waals surface area contributed by atoms with E-state index in [0.717, 1.165) is 10.6 Å². The zero-order chi connectivity index (χ0) is 8.20. The Morgan fingerprint density at radius 3 is 2.50 bits per heavy atom. The van der Waals surface area contributed by atoms with E-state index >= 15 is 0 Å². The Kier molecular flexibility index (Phi) is 3.85. The van der Waals surface area contributed by atoms with Crippen molar-refractivity contribution in [3.8, 4) is 0 Å². The molecule has 0 rings (SSSR count). The highest BCUT2D eigenvalue weighted by Crippen LogP contribution is 2.19. The molecule has 3 nitrogen and oxygen atoms in total. The van der Waals surface area contributed by atoms with E-state index in [1.54, 1.807) is 6.08 Å². The lowest BCUT2D eigenvalue weighted by molar-refractivity contribution is -0.403. The molecule has 0 aliphatic rings. The van der Waals surface area contributed by atoms with Gasteiger partial charge in [0.1, 0.15) is 0 Å². The summed E-state index contributed by atoms with van der Waals surface area (Å²) in [4.78, 5) is 9.44. The van der Waals surface area contributed by atoms with E-state index in [0.29, 0.717) is 0 Å². The molecule has 0 atom stereocenters. The zero-order valence-corrected chi connectivity index (χ0v) is 8.16. The van der Waals surface area contributed by atoms with Crippen molar-refractivity contribution in [3.63, 3.8) is 0 Å². The molecule has 0 spiro atoms.